The predicted molar refractivity (Wildman–Crippen MR) is 43.2 cm³/mol. The molecule has 0 N–H and O–H groups in total. The molecule has 2 heterocycles. The van der Waals surface area contributed by atoms with Crippen molar-refractivity contribution in [3.63, 3.8) is 0 Å². The number of allylic oxidation sites excluding steroid dienone is 1. The number of hydrogen-bond acceptors (Lipinski definition) is 1. The lowest BCUT2D eigenvalue weighted by molar-refractivity contribution is -0.110. The molecule has 1 atom stereocenters. The zero-order valence-electron chi connectivity index (χ0n) is 6.10. The number of carbonyl (C=O) groups is 1. The van der Waals surface area contributed by atoms with Crippen molar-refractivity contribution >= 4 is 12.4 Å². The molecule has 2 heteroatoms. The van der Waals surface area contributed by atoms with Gasteiger partial charge in [-0.1, -0.05) is 6.08 Å². The van der Waals surface area contributed by atoms with E-state index in [2.05, 4.69) is 0 Å². The second kappa shape index (κ2) is 2.38. The summed E-state index contributed by atoms with van der Waals surface area (Å²) in [6.07, 6.45) is 7.84. The van der Waals surface area contributed by atoms with Gasteiger partial charge in [0.15, 0.2) is 0 Å². The van der Waals surface area contributed by atoms with Gasteiger partial charge in [0.05, 0.1) is 6.04 Å². The van der Waals surface area contributed by atoms with Gasteiger partial charge in [-0.3, -0.25) is 0 Å². The number of fused-ring (bicyclic) bond motifs is 1. The molecule has 2 rings (SSSR count). The monoisotopic (exact) mass is 147 g/mol. The van der Waals surface area contributed by atoms with Gasteiger partial charge in [0.25, 0.3) is 0 Å². The van der Waals surface area contributed by atoms with Crippen LogP contribution in [-0.4, -0.2) is 10.9 Å². The fourth-order valence-corrected chi connectivity index (χ4v) is 1.41. The smallest absolute Gasteiger partial charge is 0.143 e. The minimum Gasteiger partial charge on any atom is -0.337 e. The fraction of sp³-hybridized carbons (Fsp3) is 0.222. The minimum absolute atomic E-state index is 0.0185. The highest BCUT2D eigenvalue weighted by molar-refractivity contribution is 5.61. The molecular weight excluding hydrogens is 138 g/mol. The lowest BCUT2D eigenvalue weighted by Gasteiger charge is -2.16. The molecule has 1 aliphatic rings. The highest BCUT2D eigenvalue weighted by atomic mass is 16.1. The first-order chi connectivity index (χ1) is 5.42. The Bertz CT molecular complexity index is 298. The molecule has 0 aliphatic carbocycles. The van der Waals surface area contributed by atoms with Crippen LogP contribution in [0.25, 0.3) is 6.08 Å². The van der Waals surface area contributed by atoms with Crippen LogP contribution in [-0.2, 0) is 4.79 Å². The van der Waals surface area contributed by atoms with Crippen LogP contribution >= 0.6 is 0 Å². The Balaban J connectivity index is 2.48. The minimum atomic E-state index is 0.0185. The van der Waals surface area contributed by atoms with Gasteiger partial charge in [-0.2, -0.15) is 0 Å². The van der Waals surface area contributed by atoms with Crippen molar-refractivity contribution in [2.24, 2.45) is 0 Å². The standard InChI is InChI=1S/C9H9NO/c11-7-9-4-1-3-8-5-2-6-10(8)9/h1-3,5-7,9H,4H2/t9-/m1/s1. The van der Waals surface area contributed by atoms with Crippen molar-refractivity contribution in [1.29, 1.82) is 0 Å². The summed E-state index contributed by atoms with van der Waals surface area (Å²) >= 11 is 0. The summed E-state index contributed by atoms with van der Waals surface area (Å²) in [6, 6.07) is 3.98. The molecule has 1 aromatic rings. The second-order valence-corrected chi connectivity index (χ2v) is 2.68. The van der Waals surface area contributed by atoms with Gasteiger partial charge in [-0.05, 0) is 24.6 Å². The molecule has 0 saturated heterocycles. The zero-order valence-corrected chi connectivity index (χ0v) is 6.10. The van der Waals surface area contributed by atoms with E-state index in [4.69, 9.17) is 0 Å². The predicted octanol–water partition coefficient (Wildman–Crippen LogP) is 1.65. The maximum atomic E-state index is 10.6. The molecule has 0 fully saturated rings. The maximum Gasteiger partial charge on any atom is 0.143 e. The van der Waals surface area contributed by atoms with E-state index in [0.717, 1.165) is 18.4 Å². The summed E-state index contributed by atoms with van der Waals surface area (Å²) in [7, 11) is 0. The van der Waals surface area contributed by atoms with Crippen molar-refractivity contribution in [2.45, 2.75) is 12.5 Å². The van der Waals surface area contributed by atoms with E-state index in [1.807, 2.05) is 35.0 Å². The fourth-order valence-electron chi connectivity index (χ4n) is 1.41. The van der Waals surface area contributed by atoms with E-state index < -0.39 is 0 Å². The summed E-state index contributed by atoms with van der Waals surface area (Å²) < 4.78 is 1.99. The number of rotatable bonds is 1. The van der Waals surface area contributed by atoms with Gasteiger partial charge >= 0.3 is 0 Å². The SMILES string of the molecule is O=C[C@H]1CC=Cc2cccn21. The largest absolute Gasteiger partial charge is 0.337 e. The molecule has 0 saturated carbocycles. The van der Waals surface area contributed by atoms with Crippen LogP contribution in [0.5, 0.6) is 0 Å². The quantitative estimate of drug-likeness (QED) is 0.553. The molecule has 0 bridgehead atoms. The molecule has 56 valence electrons. The Kier molecular flexibility index (Phi) is 1.39. The zero-order chi connectivity index (χ0) is 7.68. The summed E-state index contributed by atoms with van der Waals surface area (Å²) in [5, 5.41) is 0. The van der Waals surface area contributed by atoms with Crippen molar-refractivity contribution in [2.75, 3.05) is 0 Å². The Hall–Kier alpha value is -1.31. The molecule has 0 amide bonds. The summed E-state index contributed by atoms with van der Waals surface area (Å²) in [5.41, 5.74) is 1.12. The summed E-state index contributed by atoms with van der Waals surface area (Å²) in [5.74, 6) is 0. The Morgan fingerprint density at radius 2 is 2.55 bits per heavy atom. The highest BCUT2D eigenvalue weighted by Crippen LogP contribution is 2.20. The van der Waals surface area contributed by atoms with Gasteiger partial charge in [0.1, 0.15) is 6.29 Å². The van der Waals surface area contributed by atoms with E-state index in [-0.39, 0.29) is 6.04 Å². The van der Waals surface area contributed by atoms with E-state index in [1.54, 1.807) is 0 Å². The van der Waals surface area contributed by atoms with Crippen LogP contribution in [0, 0.1) is 0 Å². The molecule has 0 aromatic carbocycles. The normalized spacial score (nSPS) is 21.3. The number of hydrogen-bond donors (Lipinski definition) is 0. The van der Waals surface area contributed by atoms with Crippen LogP contribution in [0.15, 0.2) is 24.4 Å². The van der Waals surface area contributed by atoms with E-state index in [0.29, 0.717) is 0 Å². The average molecular weight is 147 g/mol. The van der Waals surface area contributed by atoms with Gasteiger partial charge < -0.3 is 9.36 Å². The molecule has 11 heavy (non-hydrogen) atoms. The van der Waals surface area contributed by atoms with E-state index in [9.17, 15) is 4.79 Å². The second-order valence-electron chi connectivity index (χ2n) is 2.68. The van der Waals surface area contributed by atoms with E-state index >= 15 is 0 Å². The first-order valence-electron chi connectivity index (χ1n) is 3.70. The van der Waals surface area contributed by atoms with Crippen molar-refractivity contribution in [1.82, 2.24) is 4.57 Å². The van der Waals surface area contributed by atoms with Crippen LogP contribution in [0.2, 0.25) is 0 Å². The van der Waals surface area contributed by atoms with E-state index in [1.165, 1.54) is 0 Å². The van der Waals surface area contributed by atoms with Gasteiger partial charge in [-0.15, -0.1) is 0 Å². The molecule has 0 spiro atoms. The Labute approximate surface area is 65.1 Å². The first kappa shape index (κ1) is 6.40. The van der Waals surface area contributed by atoms with Gasteiger partial charge in [0.2, 0.25) is 0 Å². The Morgan fingerprint density at radius 1 is 1.64 bits per heavy atom. The third-order valence-electron chi connectivity index (χ3n) is 1.99. The van der Waals surface area contributed by atoms with Gasteiger partial charge in [-0.25, -0.2) is 0 Å². The van der Waals surface area contributed by atoms with Crippen LogP contribution in [0.4, 0.5) is 0 Å². The Morgan fingerprint density at radius 3 is 3.36 bits per heavy atom. The van der Waals surface area contributed by atoms with Crippen LogP contribution in [0.3, 0.4) is 0 Å². The third-order valence-corrected chi connectivity index (χ3v) is 1.99. The maximum absolute atomic E-state index is 10.6. The highest BCUT2D eigenvalue weighted by Gasteiger charge is 2.12. The van der Waals surface area contributed by atoms with Crippen molar-refractivity contribution in [3.8, 4) is 0 Å². The molecule has 1 aromatic heterocycles. The van der Waals surface area contributed by atoms with Gasteiger partial charge in [0, 0.05) is 11.9 Å². The molecule has 0 radical (unpaired) electrons. The summed E-state index contributed by atoms with van der Waals surface area (Å²) in [4.78, 5) is 10.6. The number of aromatic nitrogens is 1. The summed E-state index contributed by atoms with van der Waals surface area (Å²) in [6.45, 7) is 0. The molecule has 1 aliphatic heterocycles. The average Bonchev–Trinajstić information content (AvgIpc) is 2.50. The van der Waals surface area contributed by atoms with Crippen molar-refractivity contribution in [3.05, 3.63) is 30.1 Å². The lowest BCUT2D eigenvalue weighted by Crippen LogP contribution is -2.12. The molecular formula is C9H9NO. The molecule has 0 unspecified atom stereocenters. The van der Waals surface area contributed by atoms with Crippen LogP contribution in [0.1, 0.15) is 18.2 Å². The number of carbonyl (C=O) groups excluding carboxylic acids is 1. The number of nitrogens with zero attached hydrogens (tertiary/aromatic N) is 1. The lowest BCUT2D eigenvalue weighted by atomic mass is 10.1. The molecule has 2 nitrogen and oxygen atoms in total. The third kappa shape index (κ3) is 0.909. The first-order valence-corrected chi connectivity index (χ1v) is 3.70. The topological polar surface area (TPSA) is 22.0 Å². The van der Waals surface area contributed by atoms with Crippen molar-refractivity contribution < 1.29 is 4.79 Å². The van der Waals surface area contributed by atoms with Crippen LogP contribution < -0.4 is 0 Å². The number of aldehydes is 1.